The first-order chi connectivity index (χ1) is 8.87. The number of rotatable bonds is 1. The Morgan fingerprint density at radius 3 is 2.63 bits per heavy atom. The van der Waals surface area contributed by atoms with Crippen LogP contribution in [0, 0.1) is 0 Å². The first-order valence-electron chi connectivity index (χ1n) is 5.89. The van der Waals surface area contributed by atoms with E-state index in [0.29, 0.717) is 16.4 Å². The van der Waals surface area contributed by atoms with E-state index >= 15 is 0 Å². The molecule has 0 atom stereocenters. The Kier molecular flexibility index (Phi) is 3.62. The molecule has 0 N–H and O–H groups in total. The molecule has 0 radical (unpaired) electrons. The standard InChI is InChI=1S/C14H15ClN2O2/c1-14(2,3)19-13(18)17-8-4-5-12(17)11-7-6-10(15)9-16-11/h4-9H,1-3H3. The van der Waals surface area contributed by atoms with E-state index in [9.17, 15) is 4.79 Å². The van der Waals surface area contributed by atoms with Gasteiger partial charge in [0.25, 0.3) is 0 Å². The maximum Gasteiger partial charge on any atom is 0.419 e. The molecular formula is C14H15ClN2O2. The Hall–Kier alpha value is -1.81. The minimum Gasteiger partial charge on any atom is -0.443 e. The monoisotopic (exact) mass is 278 g/mol. The second-order valence-corrected chi connectivity index (χ2v) is 5.54. The smallest absolute Gasteiger partial charge is 0.419 e. The Bertz CT molecular complexity index is 582. The minimum absolute atomic E-state index is 0.427. The lowest BCUT2D eigenvalue weighted by Crippen LogP contribution is -2.27. The number of hydrogen-bond donors (Lipinski definition) is 0. The number of halogens is 1. The van der Waals surface area contributed by atoms with Crippen molar-refractivity contribution in [3.63, 3.8) is 0 Å². The summed E-state index contributed by atoms with van der Waals surface area (Å²) in [7, 11) is 0. The lowest BCUT2D eigenvalue weighted by atomic mass is 10.2. The van der Waals surface area contributed by atoms with Gasteiger partial charge in [0.1, 0.15) is 5.60 Å². The van der Waals surface area contributed by atoms with Gasteiger partial charge in [-0.2, -0.15) is 0 Å². The molecule has 2 heterocycles. The van der Waals surface area contributed by atoms with Crippen molar-refractivity contribution in [1.82, 2.24) is 9.55 Å². The lowest BCUT2D eigenvalue weighted by Gasteiger charge is -2.20. The van der Waals surface area contributed by atoms with Gasteiger partial charge in [0.15, 0.2) is 0 Å². The molecule has 0 aromatic carbocycles. The van der Waals surface area contributed by atoms with Crippen LogP contribution in [-0.2, 0) is 4.74 Å². The molecule has 0 aliphatic rings. The number of hydrogen-bond acceptors (Lipinski definition) is 3. The number of ether oxygens (including phenoxy) is 1. The van der Waals surface area contributed by atoms with Gasteiger partial charge in [-0.3, -0.25) is 9.55 Å². The van der Waals surface area contributed by atoms with Crippen LogP contribution in [0.15, 0.2) is 36.7 Å². The number of aromatic nitrogens is 2. The van der Waals surface area contributed by atoms with E-state index in [1.807, 2.05) is 20.8 Å². The minimum atomic E-state index is -0.536. The molecule has 5 heteroatoms. The van der Waals surface area contributed by atoms with E-state index in [-0.39, 0.29) is 0 Å². The highest BCUT2D eigenvalue weighted by atomic mass is 35.5. The fraction of sp³-hybridized carbons (Fsp3) is 0.286. The van der Waals surface area contributed by atoms with Crippen molar-refractivity contribution in [3.8, 4) is 11.4 Å². The zero-order chi connectivity index (χ0) is 14.0. The molecule has 2 rings (SSSR count). The van der Waals surface area contributed by atoms with Crippen LogP contribution < -0.4 is 0 Å². The van der Waals surface area contributed by atoms with Gasteiger partial charge in [0.2, 0.25) is 0 Å². The third-order valence-corrected chi connectivity index (χ3v) is 2.55. The normalized spacial score (nSPS) is 11.4. The molecule has 2 aromatic heterocycles. The average Bonchev–Trinajstić information content (AvgIpc) is 2.76. The number of carbonyl (C=O) groups excluding carboxylic acids is 1. The number of carbonyl (C=O) groups is 1. The molecule has 19 heavy (non-hydrogen) atoms. The highest BCUT2D eigenvalue weighted by Crippen LogP contribution is 2.21. The highest BCUT2D eigenvalue weighted by Gasteiger charge is 2.19. The lowest BCUT2D eigenvalue weighted by molar-refractivity contribution is 0.0540. The van der Waals surface area contributed by atoms with Crippen molar-refractivity contribution < 1.29 is 9.53 Å². The van der Waals surface area contributed by atoms with Crippen LogP contribution in [0.1, 0.15) is 20.8 Å². The van der Waals surface area contributed by atoms with Crippen LogP contribution in [0.2, 0.25) is 5.02 Å². The summed E-state index contributed by atoms with van der Waals surface area (Å²) in [6.45, 7) is 5.48. The van der Waals surface area contributed by atoms with Crippen LogP contribution in [0.3, 0.4) is 0 Å². The van der Waals surface area contributed by atoms with E-state index in [4.69, 9.17) is 16.3 Å². The van der Waals surface area contributed by atoms with Gasteiger partial charge < -0.3 is 4.74 Å². The molecule has 0 aliphatic carbocycles. The van der Waals surface area contributed by atoms with Gasteiger partial charge in [-0.25, -0.2) is 4.79 Å². The van der Waals surface area contributed by atoms with Gasteiger partial charge in [-0.1, -0.05) is 11.6 Å². The molecule has 100 valence electrons. The third kappa shape index (κ3) is 3.35. The maximum atomic E-state index is 12.1. The molecule has 0 bridgehead atoms. The van der Waals surface area contributed by atoms with Crippen molar-refractivity contribution >= 4 is 17.7 Å². The van der Waals surface area contributed by atoms with E-state index in [1.165, 1.54) is 4.57 Å². The molecule has 0 spiro atoms. The molecule has 2 aromatic rings. The summed E-state index contributed by atoms with van der Waals surface area (Å²) in [5.74, 6) is 0. The van der Waals surface area contributed by atoms with Gasteiger partial charge in [-0.15, -0.1) is 0 Å². The molecule has 0 fully saturated rings. The summed E-state index contributed by atoms with van der Waals surface area (Å²) < 4.78 is 6.77. The highest BCUT2D eigenvalue weighted by molar-refractivity contribution is 6.30. The van der Waals surface area contributed by atoms with Crippen LogP contribution in [0.5, 0.6) is 0 Å². The summed E-state index contributed by atoms with van der Waals surface area (Å²) in [6, 6.07) is 7.07. The summed E-state index contributed by atoms with van der Waals surface area (Å²) in [6.07, 6.45) is 2.77. The van der Waals surface area contributed by atoms with Crippen molar-refractivity contribution in [3.05, 3.63) is 41.7 Å². The van der Waals surface area contributed by atoms with Crippen molar-refractivity contribution in [2.45, 2.75) is 26.4 Å². The van der Waals surface area contributed by atoms with E-state index in [1.54, 1.807) is 36.7 Å². The van der Waals surface area contributed by atoms with E-state index in [0.717, 1.165) is 0 Å². The predicted octanol–water partition coefficient (Wildman–Crippen LogP) is 3.99. The van der Waals surface area contributed by atoms with Gasteiger partial charge in [0.05, 0.1) is 16.4 Å². The molecule has 0 saturated carbocycles. The largest absolute Gasteiger partial charge is 0.443 e. The number of pyridine rings is 1. The Balaban J connectivity index is 2.32. The SMILES string of the molecule is CC(C)(C)OC(=O)n1cccc1-c1ccc(Cl)cn1. The zero-order valence-corrected chi connectivity index (χ0v) is 11.8. The molecule has 0 aliphatic heterocycles. The first-order valence-corrected chi connectivity index (χ1v) is 6.27. The Morgan fingerprint density at radius 2 is 2.05 bits per heavy atom. The third-order valence-electron chi connectivity index (χ3n) is 2.33. The Morgan fingerprint density at radius 1 is 1.32 bits per heavy atom. The zero-order valence-electron chi connectivity index (χ0n) is 11.1. The van der Waals surface area contributed by atoms with Gasteiger partial charge >= 0.3 is 6.09 Å². The van der Waals surface area contributed by atoms with Crippen LogP contribution in [-0.4, -0.2) is 21.2 Å². The maximum absolute atomic E-state index is 12.1. The average molecular weight is 279 g/mol. The molecule has 0 saturated heterocycles. The quantitative estimate of drug-likeness (QED) is 0.792. The second kappa shape index (κ2) is 5.05. The fourth-order valence-electron chi connectivity index (χ4n) is 1.59. The fourth-order valence-corrected chi connectivity index (χ4v) is 1.70. The summed E-state index contributed by atoms with van der Waals surface area (Å²) >= 11 is 5.80. The molecular weight excluding hydrogens is 264 g/mol. The molecule has 4 nitrogen and oxygen atoms in total. The van der Waals surface area contributed by atoms with Crippen LogP contribution >= 0.6 is 11.6 Å². The molecule has 0 amide bonds. The molecule has 0 unspecified atom stereocenters. The van der Waals surface area contributed by atoms with E-state index < -0.39 is 11.7 Å². The number of nitrogens with zero attached hydrogens (tertiary/aromatic N) is 2. The summed E-state index contributed by atoms with van der Waals surface area (Å²) in [5, 5.41) is 0.555. The summed E-state index contributed by atoms with van der Waals surface area (Å²) in [4.78, 5) is 16.3. The second-order valence-electron chi connectivity index (χ2n) is 5.11. The van der Waals surface area contributed by atoms with Crippen molar-refractivity contribution in [1.29, 1.82) is 0 Å². The van der Waals surface area contributed by atoms with E-state index in [2.05, 4.69) is 4.98 Å². The van der Waals surface area contributed by atoms with Crippen molar-refractivity contribution in [2.24, 2.45) is 0 Å². The van der Waals surface area contributed by atoms with Gasteiger partial charge in [0, 0.05) is 12.4 Å². The van der Waals surface area contributed by atoms with Crippen molar-refractivity contribution in [2.75, 3.05) is 0 Å². The Labute approximate surface area is 117 Å². The topological polar surface area (TPSA) is 44.1 Å². The van der Waals surface area contributed by atoms with Crippen LogP contribution in [0.4, 0.5) is 4.79 Å². The predicted molar refractivity (Wildman–Crippen MR) is 74.3 cm³/mol. The van der Waals surface area contributed by atoms with Crippen LogP contribution in [0.25, 0.3) is 11.4 Å². The summed E-state index contributed by atoms with van der Waals surface area (Å²) in [5.41, 5.74) is 0.803. The first kappa shape index (κ1) is 13.6. The van der Waals surface area contributed by atoms with Gasteiger partial charge in [-0.05, 0) is 45.0 Å².